The van der Waals surface area contributed by atoms with E-state index in [1.165, 1.54) is 0 Å². The summed E-state index contributed by atoms with van der Waals surface area (Å²) in [5.41, 5.74) is 2.82. The Labute approximate surface area is 144 Å². The van der Waals surface area contributed by atoms with Gasteiger partial charge >= 0.3 is 6.03 Å². The Morgan fingerprint density at radius 1 is 0.840 bits per heavy atom. The zero-order valence-corrected chi connectivity index (χ0v) is 13.3. The van der Waals surface area contributed by atoms with Crippen molar-refractivity contribution < 1.29 is 13.6 Å². The van der Waals surface area contributed by atoms with Crippen LogP contribution in [0.4, 0.5) is 19.3 Å². The van der Waals surface area contributed by atoms with E-state index in [1.807, 2.05) is 42.5 Å². The molecule has 3 nitrogen and oxygen atoms in total. The third kappa shape index (κ3) is 4.41. The van der Waals surface area contributed by atoms with Crippen molar-refractivity contribution in [2.24, 2.45) is 0 Å². The number of carbonyl (C=O) groups is 1. The van der Waals surface area contributed by atoms with Gasteiger partial charge in [-0.05, 0) is 41.5 Å². The van der Waals surface area contributed by atoms with Crippen molar-refractivity contribution in [1.82, 2.24) is 5.32 Å². The van der Waals surface area contributed by atoms with Crippen molar-refractivity contribution in [2.45, 2.75) is 6.54 Å². The zero-order chi connectivity index (χ0) is 17.6. The molecular formula is C20H16F2N2O. The van der Waals surface area contributed by atoms with Gasteiger partial charge in [0.2, 0.25) is 0 Å². The van der Waals surface area contributed by atoms with Gasteiger partial charge in [-0.1, -0.05) is 42.5 Å². The molecule has 0 spiro atoms. The number of hydrogen-bond donors (Lipinski definition) is 2. The topological polar surface area (TPSA) is 41.1 Å². The van der Waals surface area contributed by atoms with Crippen molar-refractivity contribution >= 4 is 11.7 Å². The summed E-state index contributed by atoms with van der Waals surface area (Å²) in [6.07, 6.45) is 0. The lowest BCUT2D eigenvalue weighted by Crippen LogP contribution is -2.28. The molecule has 0 saturated heterocycles. The lowest BCUT2D eigenvalue weighted by molar-refractivity contribution is 0.251. The van der Waals surface area contributed by atoms with Gasteiger partial charge < -0.3 is 10.6 Å². The summed E-state index contributed by atoms with van der Waals surface area (Å²) in [4.78, 5) is 11.9. The molecule has 126 valence electrons. The molecular weight excluding hydrogens is 322 g/mol. The van der Waals surface area contributed by atoms with Gasteiger partial charge in [0.25, 0.3) is 0 Å². The normalized spacial score (nSPS) is 10.3. The van der Waals surface area contributed by atoms with E-state index < -0.39 is 17.7 Å². The predicted molar refractivity (Wildman–Crippen MR) is 94.1 cm³/mol. The molecule has 3 aromatic rings. The van der Waals surface area contributed by atoms with Crippen LogP contribution in [0.15, 0.2) is 72.8 Å². The summed E-state index contributed by atoms with van der Waals surface area (Å²) < 4.78 is 26.6. The summed E-state index contributed by atoms with van der Waals surface area (Å²) in [6, 6.07) is 19.9. The maximum absolute atomic E-state index is 13.5. The molecule has 0 saturated carbocycles. The first kappa shape index (κ1) is 16.6. The van der Waals surface area contributed by atoms with E-state index in [4.69, 9.17) is 0 Å². The number of nitrogens with one attached hydrogen (secondary N) is 2. The first-order chi connectivity index (χ1) is 12.1. The van der Waals surface area contributed by atoms with Crippen LogP contribution in [0.3, 0.4) is 0 Å². The molecule has 0 bridgehead atoms. The van der Waals surface area contributed by atoms with Crippen LogP contribution >= 0.6 is 0 Å². The Morgan fingerprint density at radius 3 is 2.24 bits per heavy atom. The molecule has 0 aromatic heterocycles. The standard InChI is InChI=1S/C20H16F2N2O/c21-17-8-11-19(22)16(12-17)13-23-20(25)24-18-9-6-15(7-10-18)14-4-2-1-3-5-14/h1-12H,13H2,(H2,23,24,25). The molecule has 0 aliphatic rings. The van der Waals surface area contributed by atoms with Crippen molar-refractivity contribution in [3.63, 3.8) is 0 Å². The van der Waals surface area contributed by atoms with Gasteiger partial charge in [0.15, 0.2) is 0 Å². The van der Waals surface area contributed by atoms with Crippen LogP contribution in [0, 0.1) is 11.6 Å². The van der Waals surface area contributed by atoms with Gasteiger partial charge in [-0.15, -0.1) is 0 Å². The van der Waals surface area contributed by atoms with E-state index in [2.05, 4.69) is 10.6 Å². The molecule has 0 heterocycles. The Kier molecular flexibility index (Phi) is 5.04. The van der Waals surface area contributed by atoms with Crippen LogP contribution < -0.4 is 10.6 Å². The second-order valence-electron chi connectivity index (χ2n) is 5.49. The third-order valence-electron chi connectivity index (χ3n) is 3.70. The maximum Gasteiger partial charge on any atom is 0.319 e. The fourth-order valence-electron chi connectivity index (χ4n) is 2.41. The minimum Gasteiger partial charge on any atom is -0.334 e. The third-order valence-corrected chi connectivity index (χ3v) is 3.70. The second kappa shape index (κ2) is 7.57. The summed E-state index contributed by atoms with van der Waals surface area (Å²) in [7, 11) is 0. The van der Waals surface area contributed by atoms with Crippen molar-refractivity contribution in [1.29, 1.82) is 0 Å². The van der Waals surface area contributed by atoms with Gasteiger partial charge in [0.05, 0.1) is 0 Å². The highest BCUT2D eigenvalue weighted by Crippen LogP contribution is 2.21. The molecule has 0 radical (unpaired) electrons. The highest BCUT2D eigenvalue weighted by atomic mass is 19.1. The number of carbonyl (C=O) groups excluding carboxylic acids is 1. The van der Waals surface area contributed by atoms with Crippen molar-refractivity contribution in [3.05, 3.63) is 90.0 Å². The highest BCUT2D eigenvalue weighted by molar-refractivity contribution is 5.89. The minimum atomic E-state index is -0.561. The van der Waals surface area contributed by atoms with Crippen LogP contribution in [-0.2, 0) is 6.54 Å². The van der Waals surface area contributed by atoms with E-state index in [9.17, 15) is 13.6 Å². The van der Waals surface area contributed by atoms with E-state index in [0.717, 1.165) is 29.3 Å². The average molecular weight is 338 g/mol. The van der Waals surface area contributed by atoms with Gasteiger partial charge in [-0.3, -0.25) is 0 Å². The molecule has 5 heteroatoms. The Morgan fingerprint density at radius 2 is 1.52 bits per heavy atom. The number of anilines is 1. The predicted octanol–water partition coefficient (Wildman–Crippen LogP) is 4.95. The SMILES string of the molecule is O=C(NCc1cc(F)ccc1F)Nc1ccc(-c2ccccc2)cc1. The summed E-state index contributed by atoms with van der Waals surface area (Å²) in [5.74, 6) is -1.11. The number of rotatable bonds is 4. The van der Waals surface area contributed by atoms with Crippen LogP contribution in [0.1, 0.15) is 5.56 Å². The fraction of sp³-hybridized carbons (Fsp3) is 0.0500. The Balaban J connectivity index is 1.59. The quantitative estimate of drug-likeness (QED) is 0.694. The maximum atomic E-state index is 13.5. The number of halogens is 2. The first-order valence-electron chi connectivity index (χ1n) is 7.76. The molecule has 25 heavy (non-hydrogen) atoms. The smallest absolute Gasteiger partial charge is 0.319 e. The molecule has 2 amide bonds. The first-order valence-corrected chi connectivity index (χ1v) is 7.76. The second-order valence-corrected chi connectivity index (χ2v) is 5.49. The van der Waals surface area contributed by atoms with Crippen LogP contribution in [-0.4, -0.2) is 6.03 Å². The van der Waals surface area contributed by atoms with E-state index in [-0.39, 0.29) is 12.1 Å². The summed E-state index contributed by atoms with van der Waals surface area (Å²) in [6.45, 7) is -0.0997. The van der Waals surface area contributed by atoms with Gasteiger partial charge in [0.1, 0.15) is 11.6 Å². The Bertz CT molecular complexity index is 865. The molecule has 0 aliphatic heterocycles. The van der Waals surface area contributed by atoms with Crippen LogP contribution in [0.2, 0.25) is 0 Å². The van der Waals surface area contributed by atoms with Gasteiger partial charge in [-0.2, -0.15) is 0 Å². The van der Waals surface area contributed by atoms with Crippen molar-refractivity contribution in [2.75, 3.05) is 5.32 Å². The molecule has 3 aromatic carbocycles. The lowest BCUT2D eigenvalue weighted by Gasteiger charge is -2.09. The molecule has 3 rings (SSSR count). The fourth-order valence-corrected chi connectivity index (χ4v) is 2.41. The lowest BCUT2D eigenvalue weighted by atomic mass is 10.1. The molecule has 0 aliphatic carbocycles. The zero-order valence-electron chi connectivity index (χ0n) is 13.3. The number of urea groups is 1. The number of benzene rings is 3. The summed E-state index contributed by atoms with van der Waals surface area (Å²) in [5, 5.41) is 5.16. The van der Waals surface area contributed by atoms with Crippen LogP contribution in [0.25, 0.3) is 11.1 Å². The van der Waals surface area contributed by atoms with Gasteiger partial charge in [0, 0.05) is 17.8 Å². The summed E-state index contributed by atoms with van der Waals surface area (Å²) >= 11 is 0. The van der Waals surface area contributed by atoms with E-state index in [0.29, 0.717) is 5.69 Å². The Hall–Kier alpha value is -3.21. The van der Waals surface area contributed by atoms with Crippen LogP contribution in [0.5, 0.6) is 0 Å². The molecule has 0 unspecified atom stereocenters. The highest BCUT2D eigenvalue weighted by Gasteiger charge is 2.07. The van der Waals surface area contributed by atoms with Crippen molar-refractivity contribution in [3.8, 4) is 11.1 Å². The minimum absolute atomic E-state index is 0.0922. The van der Waals surface area contributed by atoms with E-state index in [1.54, 1.807) is 12.1 Å². The van der Waals surface area contributed by atoms with Gasteiger partial charge in [-0.25, -0.2) is 13.6 Å². The molecule has 0 atom stereocenters. The molecule has 0 fully saturated rings. The number of hydrogen-bond acceptors (Lipinski definition) is 1. The average Bonchev–Trinajstić information content (AvgIpc) is 2.64. The number of amides is 2. The monoisotopic (exact) mass is 338 g/mol. The largest absolute Gasteiger partial charge is 0.334 e. The molecule has 2 N–H and O–H groups in total. The van der Waals surface area contributed by atoms with E-state index >= 15 is 0 Å².